The third-order valence-electron chi connectivity index (χ3n) is 21.1. The van der Waals surface area contributed by atoms with Gasteiger partial charge in [-0.2, -0.15) is 13.6 Å². The number of aliphatic carboxylic acids is 3. The first-order valence-electron chi connectivity index (χ1n) is 41.6. The molecule has 1 aromatic heterocycles. The summed E-state index contributed by atoms with van der Waals surface area (Å²) in [7, 11) is -12.8. The number of ether oxygens (including phenoxy) is 4. The number of likely N-dealkylation sites (tertiary alicyclic amines) is 2. The van der Waals surface area contributed by atoms with E-state index in [1.54, 1.807) is 11.9 Å². The summed E-state index contributed by atoms with van der Waals surface area (Å²) < 4.78 is 71.0. The number of aliphatic hydroxyl groups excluding tert-OH is 1. The molecule has 4 aliphatic heterocycles. The summed E-state index contributed by atoms with van der Waals surface area (Å²) in [6, 6.07) is 4.31. The summed E-state index contributed by atoms with van der Waals surface area (Å²) in [5.74, 6) is -3.59. The van der Waals surface area contributed by atoms with Gasteiger partial charge in [0.05, 0.1) is 69.8 Å². The molecule has 44 nitrogen and oxygen atoms in total. The van der Waals surface area contributed by atoms with E-state index in [9.17, 15) is 106 Å². The number of unbranched alkanes of at least 4 members (excludes halogenated alkanes) is 1. The highest BCUT2D eigenvalue weighted by Gasteiger charge is 2.46. The van der Waals surface area contributed by atoms with E-state index in [4.69, 9.17) is 39.5 Å². The van der Waals surface area contributed by atoms with Gasteiger partial charge in [-0.3, -0.25) is 66.8 Å². The number of benzene rings is 2. The first kappa shape index (κ1) is 105. The molecule has 3 saturated heterocycles. The largest absolute Gasteiger partial charge is 0.490 e. The third-order valence-corrected chi connectivity index (χ3v) is 27.3. The predicted molar refractivity (Wildman–Crippen MR) is 464 cm³/mol. The lowest BCUT2D eigenvalue weighted by Crippen LogP contribution is -2.58. The second kappa shape index (κ2) is 50.0. The Morgan fingerprint density at radius 1 is 0.744 bits per heavy atom. The number of nitrogen functional groups attached to an aromatic ring is 1. The molecular weight excluding hydrogens is 1800 g/mol. The molecule has 16 N–H and O–H groups in total. The number of carboxylic acid groups (broad SMARTS) is 3. The van der Waals surface area contributed by atoms with Gasteiger partial charge >= 0.3 is 47.1 Å². The van der Waals surface area contributed by atoms with E-state index in [1.165, 1.54) is 32.1 Å². The lowest BCUT2D eigenvalue weighted by Gasteiger charge is -2.38. The molecule has 3 aromatic rings. The Hall–Kier alpha value is -9.78. The minimum absolute atomic E-state index is 0.00436. The number of anilines is 1. The Morgan fingerprint density at radius 3 is 2.07 bits per heavy atom. The van der Waals surface area contributed by atoms with Crippen LogP contribution in [-0.2, 0) is 100 Å². The Morgan fingerprint density at radius 2 is 1.39 bits per heavy atom. The number of carboxylic acids is 3. The molecular formula is C80H110N13O31P3S2. The highest BCUT2D eigenvalue weighted by atomic mass is 33.1. The molecule has 708 valence electrons. The molecule has 0 radical (unpaired) electrons. The van der Waals surface area contributed by atoms with E-state index >= 15 is 0 Å². The Labute approximate surface area is 749 Å². The topological polar surface area (TPSA) is 638 Å². The van der Waals surface area contributed by atoms with Crippen molar-refractivity contribution >= 4 is 128 Å². The first-order valence-corrected chi connectivity index (χ1v) is 48.6. The SMILES string of the molecule is CCN=C1C=C2Oc3cc(CC)c(C)cc3C(c3ccccc3C(=O)N(C)CCCC(=O)NCCOCCOCCC(=O)NCCCCC(NC(=O)C3CCCN3C(=O)CCSSCCC(=O)NCC#Cc3cn([C@H]4CC(O)[C@@H](COP(=O)(O)OP(=O)(O)OP(=O)(O)O)O4)c(=O)nc3N)C(=O)N3CCCC3C(=O)NC(CC(=O)O)C(=O)NC(CC(=O)O)C(=O)O)C2C=C1C. The van der Waals surface area contributed by atoms with Crippen molar-refractivity contribution in [2.24, 2.45) is 10.9 Å². The van der Waals surface area contributed by atoms with Gasteiger partial charge in [0.15, 0.2) is 0 Å². The van der Waals surface area contributed by atoms with E-state index in [0.717, 1.165) is 61.6 Å². The second-order valence-corrected chi connectivity index (χ2v) is 37.7. The minimum atomic E-state index is -5.84. The van der Waals surface area contributed by atoms with Crippen LogP contribution in [0, 0.1) is 24.7 Å². The number of amides is 9. The Kier molecular flexibility index (Phi) is 40.5. The fraction of sp³-hybridized carbons (Fsp3) is 0.562. The van der Waals surface area contributed by atoms with Crippen LogP contribution in [-0.4, -0.2) is 281 Å². The van der Waals surface area contributed by atoms with Gasteiger partial charge in [0, 0.05) is 125 Å². The molecule has 0 saturated carbocycles. The summed E-state index contributed by atoms with van der Waals surface area (Å²) in [6.07, 6.45) is 1.23. The van der Waals surface area contributed by atoms with Crippen LogP contribution in [0.3, 0.4) is 0 Å². The summed E-state index contributed by atoms with van der Waals surface area (Å²) >= 11 is 0. The molecule has 1 aliphatic carbocycles. The number of hydrogen-bond acceptors (Lipinski definition) is 29. The maximum Gasteiger partial charge on any atom is 0.490 e. The van der Waals surface area contributed by atoms with Crippen LogP contribution in [0.15, 0.2) is 75.9 Å². The van der Waals surface area contributed by atoms with Crippen LogP contribution in [0.1, 0.15) is 167 Å². The van der Waals surface area contributed by atoms with Crippen molar-refractivity contribution in [2.75, 3.05) is 103 Å². The van der Waals surface area contributed by atoms with Crippen molar-refractivity contribution in [1.82, 2.24) is 56.2 Å². The molecule has 8 rings (SSSR count). The van der Waals surface area contributed by atoms with Crippen molar-refractivity contribution in [3.8, 4) is 17.6 Å². The quantitative estimate of drug-likeness (QED) is 0.0167. The maximum atomic E-state index is 14.7. The number of fused-ring (bicyclic) bond motifs is 2. The molecule has 5 aliphatic rings. The molecule has 12 atom stereocenters. The summed E-state index contributed by atoms with van der Waals surface area (Å²) in [5.41, 5.74) is 11.6. The van der Waals surface area contributed by atoms with Crippen LogP contribution >= 0.6 is 45.1 Å². The number of nitrogens with two attached hydrogens (primary N) is 1. The highest BCUT2D eigenvalue weighted by Crippen LogP contribution is 2.66. The summed E-state index contributed by atoms with van der Waals surface area (Å²) in [5, 5.41) is 54.1. The fourth-order valence-corrected chi connectivity index (χ4v) is 19.9. The molecule has 0 bridgehead atoms. The van der Waals surface area contributed by atoms with Gasteiger partial charge in [-0.05, 0) is 113 Å². The van der Waals surface area contributed by atoms with Crippen molar-refractivity contribution in [3.05, 3.63) is 110 Å². The average Bonchev–Trinajstić information content (AvgIpc) is 1.30. The van der Waals surface area contributed by atoms with Crippen molar-refractivity contribution in [3.63, 3.8) is 0 Å². The van der Waals surface area contributed by atoms with Crippen LogP contribution in [0.2, 0.25) is 0 Å². The number of allylic oxidation sites excluding steroid dienone is 3. The van der Waals surface area contributed by atoms with Gasteiger partial charge in [-0.25, -0.2) is 23.3 Å². The molecule has 9 amide bonds. The summed E-state index contributed by atoms with van der Waals surface area (Å²) in [6.45, 7) is 8.97. The van der Waals surface area contributed by atoms with Crippen LogP contribution in [0.4, 0.5) is 5.82 Å². The lowest BCUT2D eigenvalue weighted by atomic mass is 9.73. The van der Waals surface area contributed by atoms with E-state index in [2.05, 4.69) is 88.6 Å². The van der Waals surface area contributed by atoms with Crippen LogP contribution in [0.5, 0.6) is 5.75 Å². The fourth-order valence-electron chi connectivity index (χ4n) is 14.9. The number of nitrogens with zero attached hydrogens (tertiary/aromatic N) is 6. The average molecular weight is 1910 g/mol. The molecule has 2 aromatic carbocycles. The van der Waals surface area contributed by atoms with Crippen molar-refractivity contribution < 1.29 is 143 Å². The number of phosphoric ester groups is 1. The number of rotatable bonds is 50. The minimum Gasteiger partial charge on any atom is -0.481 e. The Bertz CT molecular complexity index is 4960. The number of carbonyl (C=O) groups is 12. The van der Waals surface area contributed by atoms with Gasteiger partial charge in [0.1, 0.15) is 59.9 Å². The second-order valence-electron chi connectivity index (χ2n) is 30.5. The van der Waals surface area contributed by atoms with E-state index in [0.29, 0.717) is 31.5 Å². The third kappa shape index (κ3) is 32.3. The number of hydrogen-bond donors (Lipinski definition) is 15. The number of aryl methyl sites for hydroxylation is 2. The predicted octanol–water partition coefficient (Wildman–Crippen LogP) is 2.61. The van der Waals surface area contributed by atoms with Gasteiger partial charge in [0.25, 0.3) is 5.91 Å². The van der Waals surface area contributed by atoms with Gasteiger partial charge < -0.3 is 111 Å². The zero-order chi connectivity index (χ0) is 94.5. The molecule has 49 heteroatoms. The number of nitrogens with one attached hydrogen (secondary N) is 6. The van der Waals surface area contributed by atoms with E-state index < -0.39 is 145 Å². The van der Waals surface area contributed by atoms with Crippen LogP contribution in [0.25, 0.3) is 0 Å². The zero-order valence-corrected chi connectivity index (χ0v) is 75.9. The lowest BCUT2D eigenvalue weighted by molar-refractivity contribution is -0.148. The summed E-state index contributed by atoms with van der Waals surface area (Å²) in [4.78, 5) is 220. The van der Waals surface area contributed by atoms with Gasteiger partial charge in [0.2, 0.25) is 47.3 Å². The molecule has 3 fully saturated rings. The van der Waals surface area contributed by atoms with Crippen molar-refractivity contribution in [2.45, 2.75) is 185 Å². The van der Waals surface area contributed by atoms with Gasteiger partial charge in [-0.1, -0.05) is 70.7 Å². The number of phosphoric acid groups is 3. The highest BCUT2D eigenvalue weighted by molar-refractivity contribution is 8.76. The number of aliphatic imine (C=N–C) groups is 1. The monoisotopic (exact) mass is 1910 g/mol. The van der Waals surface area contributed by atoms with E-state index in [-0.39, 0.29) is 188 Å². The zero-order valence-electron chi connectivity index (χ0n) is 71.6. The first-order chi connectivity index (χ1) is 61.2. The molecule has 0 spiro atoms. The van der Waals surface area contributed by atoms with Crippen LogP contribution < -0.4 is 48.1 Å². The number of aliphatic hydroxyl groups is 1. The Balaban J connectivity index is 0.752. The number of aromatic nitrogens is 2. The molecule has 129 heavy (non-hydrogen) atoms. The molecule has 10 unspecified atom stereocenters. The van der Waals surface area contributed by atoms with Gasteiger partial charge in [-0.15, -0.1) is 0 Å². The smallest absolute Gasteiger partial charge is 0.481 e. The standard InChI is InChI=1S/C80H110N13O31P3S2/c1-6-49-40-62-53(38-47(49)3)72(54-39-48(4)56(82-7-2)41-63(54)121-62)51-17-8-9-18-52(51)77(106)90(5)29-15-22-65(95)85-28-33-119-35-34-118-32-23-66(96)83-26-11-10-19-55(78(107)92-31-14-21-60(92)76(105)87-57(42-70(99)100)74(103)88-58(79(108)109)43-71(101)102)86-75(104)59-20-13-30-91(59)68(98)25-37-129-128-36-24-67(97)84-27-12-16-50-45-93(80(110)89-73(50)81)69-44-61(94)64(122-69)46-120-126(114,115)124-127(116,117)123-125(111,112)113/h8-9,17-18,38-41,45,54-55,57-61,64,69,72,94H,6-7,10-11,13-15,19-37,42-44,46H2,1-5H3,(H,83,96)(H,84,97)(H,85,95)(H,86,104)(H,87,105)(H,88,103)(H,99,100)(H,101,102)(H,108,109)(H,114,115)(H,116,117)(H2,81,89,110)(H2,111,112,113)/t54?,55?,57?,58?,59?,60?,61?,64-,69-,72?/m1/s1. The molecule has 5 heterocycles. The van der Waals surface area contributed by atoms with E-state index in [1.807, 2.05) is 49.5 Å². The van der Waals surface area contributed by atoms with Crippen molar-refractivity contribution in [1.29, 1.82) is 0 Å². The maximum absolute atomic E-state index is 14.7. The normalized spacial score (nSPS) is 20.1. The number of carbonyl (C=O) groups excluding carboxylic acids is 9.